The molecule has 0 fully saturated rings. The van der Waals surface area contributed by atoms with E-state index in [1.54, 1.807) is 36.4 Å². The number of carboxylic acids is 1. The molecule has 2 aromatic heterocycles. The van der Waals surface area contributed by atoms with Gasteiger partial charge in [0, 0.05) is 26.7 Å². The molecule has 0 unspecified atom stereocenters. The molecule has 156 valence electrons. The van der Waals surface area contributed by atoms with E-state index >= 15 is 0 Å². The summed E-state index contributed by atoms with van der Waals surface area (Å²) in [7, 11) is 0. The topological polar surface area (TPSA) is 89.4 Å². The summed E-state index contributed by atoms with van der Waals surface area (Å²) >= 11 is 10.3. The summed E-state index contributed by atoms with van der Waals surface area (Å²) in [4.78, 5) is 11.7. The maximum Gasteiger partial charge on any atom is 0.342 e. The van der Waals surface area contributed by atoms with E-state index in [0.29, 0.717) is 22.1 Å². The Morgan fingerprint density at radius 1 is 1.10 bits per heavy atom. The van der Waals surface area contributed by atoms with Gasteiger partial charge in [-0.2, -0.15) is 0 Å². The lowest BCUT2D eigenvalue weighted by Gasteiger charge is -2.02. The highest BCUT2D eigenvalue weighted by Gasteiger charge is 2.17. The maximum atomic E-state index is 11.7. The smallest absolute Gasteiger partial charge is 0.342 e. The highest BCUT2D eigenvalue weighted by atomic mass is 79.9. The summed E-state index contributed by atoms with van der Waals surface area (Å²) in [6.07, 6.45) is 1.42. The average molecular weight is 518 g/mol. The second-order valence-electron chi connectivity index (χ2n) is 6.48. The summed E-state index contributed by atoms with van der Waals surface area (Å²) in [5, 5.41) is 18.2. The number of hydrogen-bond donors (Lipinski definition) is 1. The molecule has 0 aliphatic heterocycles. The van der Waals surface area contributed by atoms with E-state index in [4.69, 9.17) is 20.4 Å². The van der Waals surface area contributed by atoms with Gasteiger partial charge in [0.25, 0.3) is 5.22 Å². The normalized spacial score (nSPS) is 11.6. The molecule has 0 saturated carbocycles. The fourth-order valence-corrected chi connectivity index (χ4v) is 4.18. The zero-order valence-electron chi connectivity index (χ0n) is 16.0. The molecular weight excluding hydrogens is 504 g/mol. The van der Waals surface area contributed by atoms with Crippen LogP contribution in [0.3, 0.4) is 0 Å². The van der Waals surface area contributed by atoms with Gasteiger partial charge in [-0.3, -0.25) is 0 Å². The Morgan fingerprint density at radius 2 is 1.87 bits per heavy atom. The minimum absolute atomic E-state index is 0.0184. The van der Waals surface area contributed by atoms with Crippen molar-refractivity contribution >= 4 is 51.3 Å². The van der Waals surface area contributed by atoms with Gasteiger partial charge in [-0.05, 0) is 72.8 Å². The highest BCUT2D eigenvalue weighted by Crippen LogP contribution is 2.33. The summed E-state index contributed by atoms with van der Waals surface area (Å²) in [6, 6.07) is 16.3. The van der Waals surface area contributed by atoms with Crippen LogP contribution in [0.2, 0.25) is 5.02 Å². The number of carbonyl (C=O) groups is 1. The summed E-state index contributed by atoms with van der Waals surface area (Å²) in [5.41, 5.74) is 2.67. The van der Waals surface area contributed by atoms with E-state index in [-0.39, 0.29) is 16.0 Å². The second kappa shape index (κ2) is 9.13. The molecule has 0 saturated heterocycles. The van der Waals surface area contributed by atoms with E-state index in [9.17, 15) is 9.90 Å². The van der Waals surface area contributed by atoms with E-state index in [2.05, 4.69) is 26.1 Å². The first-order valence-electron chi connectivity index (χ1n) is 8.98. The average Bonchev–Trinajstić information content (AvgIpc) is 3.38. The van der Waals surface area contributed by atoms with Crippen LogP contribution >= 0.6 is 39.3 Å². The number of aryl methyl sites for hydroxylation is 1. The van der Waals surface area contributed by atoms with Crippen molar-refractivity contribution in [1.29, 1.82) is 0 Å². The molecular formula is C22H14BrClN2O4S. The summed E-state index contributed by atoms with van der Waals surface area (Å²) < 4.78 is 12.3. The third kappa shape index (κ3) is 5.10. The molecule has 0 atom stereocenters. The van der Waals surface area contributed by atoms with E-state index in [1.165, 1.54) is 6.08 Å². The van der Waals surface area contributed by atoms with Crippen molar-refractivity contribution < 1.29 is 18.7 Å². The van der Waals surface area contributed by atoms with Crippen LogP contribution in [0.25, 0.3) is 28.9 Å². The number of carboxylic acid groups (broad SMARTS) is 1. The Morgan fingerprint density at radius 3 is 2.58 bits per heavy atom. The Labute approximate surface area is 195 Å². The number of benzene rings is 2. The van der Waals surface area contributed by atoms with Gasteiger partial charge < -0.3 is 13.9 Å². The predicted octanol–water partition coefficient (Wildman–Crippen LogP) is 6.94. The molecule has 9 heteroatoms. The van der Waals surface area contributed by atoms with Gasteiger partial charge in [-0.25, -0.2) is 4.79 Å². The lowest BCUT2D eigenvalue weighted by Crippen LogP contribution is -1.96. The van der Waals surface area contributed by atoms with Crippen molar-refractivity contribution in [3.8, 4) is 22.8 Å². The fourth-order valence-electron chi connectivity index (χ4n) is 2.71. The van der Waals surface area contributed by atoms with Crippen LogP contribution in [0.1, 0.15) is 11.3 Å². The number of nitrogens with zero attached hydrogens (tertiary/aromatic N) is 2. The van der Waals surface area contributed by atoms with E-state index < -0.39 is 5.97 Å². The van der Waals surface area contributed by atoms with Gasteiger partial charge in [0.15, 0.2) is 0 Å². The molecule has 2 aromatic carbocycles. The number of halogens is 2. The zero-order chi connectivity index (χ0) is 22.0. The monoisotopic (exact) mass is 516 g/mol. The van der Waals surface area contributed by atoms with Crippen LogP contribution in [0.5, 0.6) is 0 Å². The standard InChI is InChI=1S/C22H14BrClN2O4S/c1-12-2-8-16(17(23)10-12)18-9-7-15(29-18)11-19(21(27)28)31-22-26-25-20(30-22)13-3-5-14(24)6-4-13/h2-11H,1H3,(H,27,28)/b19-11-. The Kier molecular flexibility index (Phi) is 6.31. The molecule has 0 aliphatic carbocycles. The molecule has 1 N–H and O–H groups in total. The van der Waals surface area contributed by atoms with Crippen molar-refractivity contribution in [3.05, 3.63) is 80.3 Å². The Bertz CT molecular complexity index is 1280. The number of thioether (sulfide) groups is 1. The van der Waals surface area contributed by atoms with Crippen LogP contribution < -0.4 is 0 Å². The van der Waals surface area contributed by atoms with Crippen molar-refractivity contribution in [2.24, 2.45) is 0 Å². The van der Waals surface area contributed by atoms with Crippen LogP contribution in [0.4, 0.5) is 0 Å². The van der Waals surface area contributed by atoms with Crippen molar-refractivity contribution in [2.75, 3.05) is 0 Å². The lowest BCUT2D eigenvalue weighted by atomic mass is 10.1. The fraction of sp³-hybridized carbons (Fsp3) is 0.0455. The van der Waals surface area contributed by atoms with Gasteiger partial charge in [0.1, 0.15) is 16.4 Å². The second-order valence-corrected chi connectivity index (χ2v) is 8.77. The van der Waals surface area contributed by atoms with Crippen molar-refractivity contribution in [1.82, 2.24) is 10.2 Å². The van der Waals surface area contributed by atoms with Crippen LogP contribution in [0, 0.1) is 6.92 Å². The van der Waals surface area contributed by atoms with E-state index in [1.807, 2.05) is 25.1 Å². The third-order valence-electron chi connectivity index (χ3n) is 4.20. The lowest BCUT2D eigenvalue weighted by molar-refractivity contribution is -0.131. The van der Waals surface area contributed by atoms with E-state index in [0.717, 1.165) is 27.4 Å². The van der Waals surface area contributed by atoms with Gasteiger partial charge in [-0.1, -0.05) is 33.6 Å². The van der Waals surface area contributed by atoms with Crippen LogP contribution in [-0.4, -0.2) is 21.3 Å². The van der Waals surface area contributed by atoms with Crippen molar-refractivity contribution in [3.63, 3.8) is 0 Å². The third-order valence-corrected chi connectivity index (χ3v) is 5.96. The van der Waals surface area contributed by atoms with Gasteiger partial charge in [0.2, 0.25) is 5.89 Å². The summed E-state index contributed by atoms with van der Waals surface area (Å²) in [5.74, 6) is 0.152. The first-order chi connectivity index (χ1) is 14.9. The molecule has 0 bridgehead atoms. The number of aliphatic carboxylic acids is 1. The van der Waals surface area contributed by atoms with Gasteiger partial charge >= 0.3 is 5.97 Å². The molecule has 0 amide bonds. The van der Waals surface area contributed by atoms with Gasteiger partial charge in [-0.15, -0.1) is 10.2 Å². The Hall–Kier alpha value is -2.81. The highest BCUT2D eigenvalue weighted by molar-refractivity contribution is 9.10. The molecule has 0 aliphatic rings. The Balaban J connectivity index is 1.57. The van der Waals surface area contributed by atoms with Crippen LogP contribution in [-0.2, 0) is 4.79 Å². The summed E-state index contributed by atoms with van der Waals surface area (Å²) in [6.45, 7) is 2.00. The van der Waals surface area contributed by atoms with Crippen LogP contribution in [0.15, 0.2) is 78.0 Å². The number of aromatic nitrogens is 2. The molecule has 4 aromatic rings. The SMILES string of the molecule is Cc1ccc(-c2ccc(/C=C(\Sc3nnc(-c4ccc(Cl)cc4)o3)C(=O)O)o2)c(Br)c1. The minimum Gasteiger partial charge on any atom is -0.477 e. The molecule has 0 spiro atoms. The minimum atomic E-state index is -1.13. The molecule has 4 rings (SSSR count). The van der Waals surface area contributed by atoms with Crippen molar-refractivity contribution in [2.45, 2.75) is 12.1 Å². The number of hydrogen-bond acceptors (Lipinski definition) is 6. The molecule has 6 nitrogen and oxygen atoms in total. The maximum absolute atomic E-state index is 11.7. The quantitative estimate of drug-likeness (QED) is 0.219. The number of rotatable bonds is 6. The largest absolute Gasteiger partial charge is 0.477 e. The first-order valence-corrected chi connectivity index (χ1v) is 11.0. The predicted molar refractivity (Wildman–Crippen MR) is 123 cm³/mol. The first kappa shape index (κ1) is 21.4. The zero-order valence-corrected chi connectivity index (χ0v) is 19.2. The molecule has 0 radical (unpaired) electrons. The molecule has 31 heavy (non-hydrogen) atoms. The number of furan rings is 1. The molecule has 2 heterocycles. The van der Waals surface area contributed by atoms with Gasteiger partial charge in [0.05, 0.1) is 0 Å².